The number of piperazine rings is 1. The van der Waals surface area contributed by atoms with Crippen molar-refractivity contribution in [2.45, 2.75) is 13.3 Å². The Morgan fingerprint density at radius 2 is 1.93 bits per heavy atom. The molecule has 2 fully saturated rings. The number of benzene rings is 2. The van der Waals surface area contributed by atoms with Gasteiger partial charge in [0.15, 0.2) is 5.83 Å². The molecule has 0 saturated carbocycles. The zero-order valence-corrected chi connectivity index (χ0v) is 24.9. The van der Waals surface area contributed by atoms with E-state index in [0.29, 0.717) is 78.0 Å². The first kappa shape index (κ1) is 29.2. The third-order valence-electron chi connectivity index (χ3n) is 8.23. The van der Waals surface area contributed by atoms with Crippen molar-refractivity contribution in [1.82, 2.24) is 24.8 Å². The van der Waals surface area contributed by atoms with Gasteiger partial charge in [-0.1, -0.05) is 49.4 Å². The summed E-state index contributed by atoms with van der Waals surface area (Å²) in [5.74, 6) is -0.615. The van der Waals surface area contributed by atoms with Crippen molar-refractivity contribution in [1.29, 1.82) is 0 Å². The molecule has 2 aliphatic heterocycles. The fraction of sp³-hybridized carbons (Fsp3) is 0.375. The smallest absolute Gasteiger partial charge is 0.318 e. The Kier molecular flexibility index (Phi) is 8.15. The average molecular weight is 607 g/mol. The maximum atomic E-state index is 14.5. The maximum absolute atomic E-state index is 14.5. The minimum absolute atomic E-state index is 0.0393. The van der Waals surface area contributed by atoms with Crippen LogP contribution in [0.3, 0.4) is 0 Å². The first-order chi connectivity index (χ1) is 20.7. The molecule has 2 saturated heterocycles. The molecule has 4 heterocycles. The molecule has 2 aromatic carbocycles. The second kappa shape index (κ2) is 12.0. The van der Waals surface area contributed by atoms with E-state index in [4.69, 9.17) is 31.3 Å². The van der Waals surface area contributed by atoms with E-state index in [9.17, 15) is 13.6 Å². The molecule has 4 aromatic rings. The number of nitrogens with zero attached hydrogens (tertiary/aromatic N) is 6. The topological polar surface area (TPSA) is 74.7 Å². The number of ether oxygens (including phenoxy) is 1. The second-order valence-electron chi connectivity index (χ2n) is 11.6. The van der Waals surface area contributed by atoms with Gasteiger partial charge in [-0.2, -0.15) is 9.97 Å². The van der Waals surface area contributed by atoms with E-state index in [2.05, 4.69) is 25.5 Å². The lowest BCUT2D eigenvalue weighted by Crippen LogP contribution is -2.49. The molecular formula is C32H33ClF2N6O2. The normalized spacial score (nSPS) is 19.7. The minimum Gasteiger partial charge on any atom is -0.463 e. The van der Waals surface area contributed by atoms with Crippen LogP contribution in [0.5, 0.6) is 6.01 Å². The van der Waals surface area contributed by atoms with Gasteiger partial charge in [0.05, 0.1) is 28.2 Å². The van der Waals surface area contributed by atoms with Crippen LogP contribution in [0.2, 0.25) is 5.02 Å². The highest BCUT2D eigenvalue weighted by molar-refractivity contribution is 6.36. The monoisotopic (exact) mass is 606 g/mol. The predicted octanol–water partition coefficient (Wildman–Crippen LogP) is 5.74. The standard InChI is InChI=1S/C32H33ClF2N6O2/c1-19-13-21(17-39(3)16-19)18-43-32-37-27-14-26(23-6-4-5-22-7-8-25(35)29(33)28(22)23)36-15-24(27)30(38-32)40-9-11-41(12-10-40)31(42)20(2)34/h4-8,14-15,19,21H,2,9-13,16-18H2,1,3H3. The molecule has 1 amide bonds. The van der Waals surface area contributed by atoms with Crippen molar-refractivity contribution in [2.75, 3.05) is 57.8 Å². The summed E-state index contributed by atoms with van der Waals surface area (Å²) < 4.78 is 34.2. The van der Waals surface area contributed by atoms with Gasteiger partial charge in [-0.05, 0) is 36.9 Å². The number of anilines is 1. The molecule has 0 radical (unpaired) electrons. The molecule has 0 bridgehead atoms. The van der Waals surface area contributed by atoms with Crippen LogP contribution in [0, 0.1) is 17.7 Å². The quantitative estimate of drug-likeness (QED) is 0.259. The summed E-state index contributed by atoms with van der Waals surface area (Å²) in [5, 5.41) is 2.12. The Morgan fingerprint density at radius 1 is 1.14 bits per heavy atom. The van der Waals surface area contributed by atoms with E-state index in [1.165, 1.54) is 11.0 Å². The molecule has 43 heavy (non-hydrogen) atoms. The Morgan fingerprint density at radius 3 is 2.67 bits per heavy atom. The summed E-state index contributed by atoms with van der Waals surface area (Å²) in [6.07, 6.45) is 2.77. The summed E-state index contributed by atoms with van der Waals surface area (Å²) in [7, 11) is 2.12. The van der Waals surface area contributed by atoms with Crippen LogP contribution in [0.15, 0.2) is 55.0 Å². The highest BCUT2D eigenvalue weighted by Crippen LogP contribution is 2.36. The number of likely N-dealkylation sites (tertiary alicyclic amines) is 1. The molecule has 0 N–H and O–H groups in total. The summed E-state index contributed by atoms with van der Waals surface area (Å²) in [4.78, 5) is 32.2. The van der Waals surface area contributed by atoms with Gasteiger partial charge in [-0.3, -0.25) is 9.78 Å². The number of hydrogen-bond acceptors (Lipinski definition) is 7. The fourth-order valence-corrected chi connectivity index (χ4v) is 6.61. The number of aromatic nitrogens is 3. The zero-order valence-electron chi connectivity index (χ0n) is 24.2. The molecule has 6 rings (SSSR count). The average Bonchev–Trinajstić information content (AvgIpc) is 3.00. The van der Waals surface area contributed by atoms with Crippen LogP contribution in [0.1, 0.15) is 13.3 Å². The molecule has 11 heteroatoms. The van der Waals surface area contributed by atoms with E-state index in [-0.39, 0.29) is 11.0 Å². The lowest BCUT2D eigenvalue weighted by atomic mass is 9.91. The number of fused-ring (bicyclic) bond motifs is 2. The molecule has 8 nitrogen and oxygen atoms in total. The van der Waals surface area contributed by atoms with Crippen molar-refractivity contribution in [3.63, 3.8) is 0 Å². The van der Waals surface area contributed by atoms with E-state index < -0.39 is 17.6 Å². The molecule has 2 aromatic heterocycles. The van der Waals surface area contributed by atoms with Crippen molar-refractivity contribution in [3.05, 3.63) is 65.8 Å². The highest BCUT2D eigenvalue weighted by atomic mass is 35.5. The molecule has 2 unspecified atom stereocenters. The molecule has 2 atom stereocenters. The summed E-state index contributed by atoms with van der Waals surface area (Å²) in [5.41, 5.74) is 1.88. The van der Waals surface area contributed by atoms with E-state index in [1.807, 2.05) is 29.2 Å². The van der Waals surface area contributed by atoms with Crippen molar-refractivity contribution in [2.24, 2.45) is 11.8 Å². The minimum atomic E-state index is -0.968. The third-order valence-corrected chi connectivity index (χ3v) is 8.60. The Bertz CT molecular complexity index is 1700. The molecule has 0 spiro atoms. The van der Waals surface area contributed by atoms with Crippen LogP contribution in [-0.4, -0.2) is 83.6 Å². The van der Waals surface area contributed by atoms with Gasteiger partial charge < -0.3 is 19.4 Å². The van der Waals surface area contributed by atoms with Crippen LogP contribution < -0.4 is 9.64 Å². The number of carbonyl (C=O) groups excluding carboxylic acids is 1. The van der Waals surface area contributed by atoms with Gasteiger partial charge in [-0.15, -0.1) is 0 Å². The summed E-state index contributed by atoms with van der Waals surface area (Å²) in [6, 6.07) is 10.8. The van der Waals surface area contributed by atoms with Crippen molar-refractivity contribution < 1.29 is 18.3 Å². The molecule has 2 aliphatic rings. The lowest BCUT2D eigenvalue weighted by molar-refractivity contribution is -0.128. The highest BCUT2D eigenvalue weighted by Gasteiger charge is 2.27. The Balaban J connectivity index is 1.38. The van der Waals surface area contributed by atoms with Gasteiger partial charge in [0.25, 0.3) is 5.91 Å². The van der Waals surface area contributed by atoms with Gasteiger partial charge in [0.2, 0.25) is 0 Å². The number of hydrogen-bond donors (Lipinski definition) is 0. The Hall–Kier alpha value is -3.89. The lowest BCUT2D eigenvalue weighted by Gasteiger charge is -2.35. The van der Waals surface area contributed by atoms with Crippen LogP contribution >= 0.6 is 11.6 Å². The second-order valence-corrected chi connectivity index (χ2v) is 12.0. The van der Waals surface area contributed by atoms with E-state index in [1.54, 1.807) is 12.3 Å². The van der Waals surface area contributed by atoms with Gasteiger partial charge in [-0.25, -0.2) is 8.78 Å². The number of halogens is 3. The van der Waals surface area contributed by atoms with Crippen LogP contribution in [0.4, 0.5) is 14.6 Å². The van der Waals surface area contributed by atoms with Crippen molar-refractivity contribution >= 4 is 45.0 Å². The SMILES string of the molecule is C=C(F)C(=O)N1CCN(c2nc(OCC3CC(C)CN(C)C3)nc3cc(-c4cccc5ccc(F)c(Cl)c45)ncc23)CC1. The van der Waals surface area contributed by atoms with Gasteiger partial charge in [0, 0.05) is 62.3 Å². The van der Waals surface area contributed by atoms with Crippen LogP contribution in [0.25, 0.3) is 32.9 Å². The maximum Gasteiger partial charge on any atom is 0.318 e. The Labute approximate surface area is 253 Å². The molecular weight excluding hydrogens is 574 g/mol. The molecule has 0 aliphatic carbocycles. The number of amides is 1. The summed E-state index contributed by atoms with van der Waals surface area (Å²) >= 11 is 6.42. The largest absolute Gasteiger partial charge is 0.463 e. The first-order valence-corrected chi connectivity index (χ1v) is 14.8. The first-order valence-electron chi connectivity index (χ1n) is 14.4. The number of rotatable bonds is 6. The van der Waals surface area contributed by atoms with Gasteiger partial charge in [0.1, 0.15) is 11.6 Å². The fourth-order valence-electron chi connectivity index (χ4n) is 6.34. The number of pyridine rings is 1. The van der Waals surface area contributed by atoms with E-state index >= 15 is 0 Å². The van der Waals surface area contributed by atoms with Crippen molar-refractivity contribution in [3.8, 4) is 17.3 Å². The van der Waals surface area contributed by atoms with Crippen LogP contribution in [-0.2, 0) is 4.79 Å². The molecule has 224 valence electrons. The summed E-state index contributed by atoms with van der Waals surface area (Å²) in [6.45, 7) is 9.39. The predicted molar refractivity (Wildman–Crippen MR) is 165 cm³/mol. The van der Waals surface area contributed by atoms with Gasteiger partial charge >= 0.3 is 6.01 Å². The van der Waals surface area contributed by atoms with E-state index in [0.717, 1.165) is 24.9 Å². The third kappa shape index (κ3) is 5.99. The number of piperidine rings is 1. The zero-order chi connectivity index (χ0) is 30.2. The number of carbonyl (C=O) groups is 1.